The smallest absolute Gasteiger partial charge is 0.251 e. The largest absolute Gasteiger partial charge is 0.396 e. The van der Waals surface area contributed by atoms with Gasteiger partial charge in [0.1, 0.15) is 11.6 Å². The number of benzene rings is 1. The van der Waals surface area contributed by atoms with Gasteiger partial charge in [-0.1, -0.05) is 37.3 Å². The molecule has 1 aromatic heterocycles. The molecule has 0 saturated heterocycles. The van der Waals surface area contributed by atoms with Gasteiger partial charge in [-0.25, -0.2) is 13.4 Å². The van der Waals surface area contributed by atoms with Gasteiger partial charge in [-0.3, -0.25) is 9.10 Å². The zero-order valence-electron chi connectivity index (χ0n) is 20.9. The minimum atomic E-state index is -3.61. The molecule has 1 aromatic carbocycles. The number of aromatic nitrogens is 1. The number of pyridine rings is 1. The average Bonchev–Trinajstić information content (AvgIpc) is 2.84. The maximum Gasteiger partial charge on any atom is 0.251 e. The lowest BCUT2D eigenvalue weighted by Gasteiger charge is -2.26. The van der Waals surface area contributed by atoms with Gasteiger partial charge < -0.3 is 20.4 Å². The van der Waals surface area contributed by atoms with E-state index in [2.05, 4.69) is 10.3 Å². The molecule has 0 unspecified atom stereocenters. The number of hydrogen-bond acceptors (Lipinski definition) is 7. The molecule has 0 radical (unpaired) electrons. The summed E-state index contributed by atoms with van der Waals surface area (Å²) in [5.41, 5.74) is 1.25. The number of nitrogens with one attached hydrogen (secondary N) is 1. The fraction of sp³-hybridized carbons (Fsp3) is 0.520. The van der Waals surface area contributed by atoms with Crippen LogP contribution in [0.4, 0.5) is 11.6 Å². The SMILES string of the molecule is CCCN(c1cc(C(=O)N[C@H](CO)Cc2ccccc2)cc(N(CC)CCCCO)n1)S(C)(=O)=O. The Morgan fingerprint density at radius 2 is 1.74 bits per heavy atom. The van der Waals surface area contributed by atoms with Crippen molar-refractivity contribution in [3.05, 3.63) is 53.6 Å². The maximum absolute atomic E-state index is 13.2. The highest BCUT2D eigenvalue weighted by Crippen LogP contribution is 2.24. The summed E-state index contributed by atoms with van der Waals surface area (Å²) in [6, 6.07) is 12.2. The average molecular weight is 507 g/mol. The fourth-order valence-electron chi connectivity index (χ4n) is 3.75. The van der Waals surface area contributed by atoms with Gasteiger partial charge in [0.2, 0.25) is 10.0 Å². The number of rotatable bonds is 15. The van der Waals surface area contributed by atoms with Crippen molar-refractivity contribution < 1.29 is 23.4 Å². The van der Waals surface area contributed by atoms with Crippen molar-refractivity contribution in [1.82, 2.24) is 10.3 Å². The lowest BCUT2D eigenvalue weighted by Crippen LogP contribution is -2.39. The molecule has 2 aromatic rings. The Balaban J connectivity index is 2.42. The predicted octanol–water partition coefficient (Wildman–Crippen LogP) is 2.19. The molecule has 9 nitrogen and oxygen atoms in total. The number of aliphatic hydroxyl groups is 2. The van der Waals surface area contributed by atoms with E-state index in [0.29, 0.717) is 38.2 Å². The van der Waals surface area contributed by atoms with Crippen LogP contribution in [0, 0.1) is 0 Å². The van der Waals surface area contributed by atoms with E-state index in [1.54, 1.807) is 6.07 Å². The molecule has 0 saturated carbocycles. The summed E-state index contributed by atoms with van der Waals surface area (Å²) in [6.45, 7) is 5.12. The van der Waals surface area contributed by atoms with Gasteiger partial charge in [0.05, 0.1) is 18.9 Å². The molecule has 35 heavy (non-hydrogen) atoms. The predicted molar refractivity (Wildman–Crippen MR) is 139 cm³/mol. The van der Waals surface area contributed by atoms with Crippen LogP contribution in [0.5, 0.6) is 0 Å². The van der Waals surface area contributed by atoms with Crippen molar-refractivity contribution in [2.75, 3.05) is 48.3 Å². The van der Waals surface area contributed by atoms with E-state index in [9.17, 15) is 18.3 Å². The quantitative estimate of drug-likeness (QED) is 0.317. The molecule has 1 heterocycles. The first-order valence-corrected chi connectivity index (χ1v) is 13.9. The van der Waals surface area contributed by atoms with Crippen LogP contribution in [0.1, 0.15) is 49.0 Å². The molecule has 3 N–H and O–H groups in total. The second-order valence-electron chi connectivity index (χ2n) is 8.46. The van der Waals surface area contributed by atoms with E-state index in [1.165, 1.54) is 10.4 Å². The molecule has 0 aliphatic heterocycles. The van der Waals surface area contributed by atoms with E-state index < -0.39 is 22.0 Å². The van der Waals surface area contributed by atoms with Gasteiger partial charge in [0.15, 0.2) is 0 Å². The maximum atomic E-state index is 13.2. The molecular formula is C25H38N4O5S. The van der Waals surface area contributed by atoms with Crippen molar-refractivity contribution in [2.45, 2.75) is 45.6 Å². The van der Waals surface area contributed by atoms with Crippen LogP contribution in [0.2, 0.25) is 0 Å². The Bertz CT molecular complexity index is 1030. The first-order chi connectivity index (χ1) is 16.7. The summed E-state index contributed by atoms with van der Waals surface area (Å²) in [5.74, 6) is 0.254. The third kappa shape index (κ3) is 8.79. The summed E-state index contributed by atoms with van der Waals surface area (Å²) < 4.78 is 26.2. The standard InChI is InChI=1S/C25H38N4O5S/c1-4-13-29(35(3,33)34)24-18-21(17-23(27-24)28(5-2)14-9-10-15-30)25(32)26-22(19-31)16-20-11-7-6-8-12-20/h6-8,11-12,17-18,22,30-31H,4-5,9-10,13-16,19H2,1-3H3,(H,26,32)/t22-/m0/s1. The summed E-state index contributed by atoms with van der Waals surface area (Å²) in [5, 5.41) is 21.9. The lowest BCUT2D eigenvalue weighted by molar-refractivity contribution is 0.0916. The van der Waals surface area contributed by atoms with Crippen LogP contribution in [-0.4, -0.2) is 74.7 Å². The number of nitrogens with zero attached hydrogens (tertiary/aromatic N) is 3. The summed E-state index contributed by atoms with van der Waals surface area (Å²) in [4.78, 5) is 19.8. The highest BCUT2D eigenvalue weighted by atomic mass is 32.2. The van der Waals surface area contributed by atoms with E-state index in [-0.39, 0.29) is 31.1 Å². The molecular weight excluding hydrogens is 468 g/mol. The van der Waals surface area contributed by atoms with Crippen molar-refractivity contribution >= 4 is 27.6 Å². The number of amides is 1. The minimum Gasteiger partial charge on any atom is -0.396 e. The number of unbranched alkanes of at least 4 members (excludes halogenated alkanes) is 1. The monoisotopic (exact) mass is 506 g/mol. The first kappa shape index (κ1) is 28.5. The van der Waals surface area contributed by atoms with E-state index >= 15 is 0 Å². The van der Waals surface area contributed by atoms with Crippen LogP contribution in [-0.2, 0) is 16.4 Å². The highest BCUT2D eigenvalue weighted by molar-refractivity contribution is 7.92. The zero-order chi connectivity index (χ0) is 25.8. The van der Waals surface area contributed by atoms with Crippen LogP contribution >= 0.6 is 0 Å². The van der Waals surface area contributed by atoms with Gasteiger partial charge in [0.25, 0.3) is 5.91 Å². The second-order valence-corrected chi connectivity index (χ2v) is 10.4. The number of sulfonamides is 1. The minimum absolute atomic E-state index is 0.0843. The Labute approximate surface area is 208 Å². The Morgan fingerprint density at radius 3 is 2.31 bits per heavy atom. The molecule has 1 atom stereocenters. The molecule has 10 heteroatoms. The summed E-state index contributed by atoms with van der Waals surface area (Å²) in [7, 11) is -3.61. The molecule has 1 amide bonds. The van der Waals surface area contributed by atoms with Gasteiger partial charge >= 0.3 is 0 Å². The number of aliphatic hydroxyl groups excluding tert-OH is 2. The Kier molecular flexibility index (Phi) is 11.4. The van der Waals surface area contributed by atoms with Crippen molar-refractivity contribution in [1.29, 1.82) is 0 Å². The molecule has 2 rings (SSSR count). The summed E-state index contributed by atoms with van der Waals surface area (Å²) >= 11 is 0. The fourth-order valence-corrected chi connectivity index (χ4v) is 4.70. The van der Waals surface area contributed by atoms with Crippen molar-refractivity contribution in [3.8, 4) is 0 Å². The normalized spacial score (nSPS) is 12.3. The second kappa shape index (κ2) is 14.0. The molecule has 0 aliphatic rings. The molecule has 0 bridgehead atoms. The van der Waals surface area contributed by atoms with E-state index in [4.69, 9.17) is 5.11 Å². The van der Waals surface area contributed by atoms with Gasteiger partial charge in [-0.2, -0.15) is 0 Å². The summed E-state index contributed by atoms with van der Waals surface area (Å²) in [6.07, 6.45) is 3.52. The van der Waals surface area contributed by atoms with Crippen molar-refractivity contribution in [2.24, 2.45) is 0 Å². The van der Waals surface area contributed by atoms with E-state index in [0.717, 1.165) is 18.2 Å². The first-order valence-electron chi connectivity index (χ1n) is 12.0. The number of hydrogen-bond donors (Lipinski definition) is 3. The van der Waals surface area contributed by atoms with Gasteiger partial charge in [0, 0.05) is 31.8 Å². The third-order valence-corrected chi connectivity index (χ3v) is 6.74. The highest BCUT2D eigenvalue weighted by Gasteiger charge is 2.23. The van der Waals surface area contributed by atoms with Crippen LogP contribution in [0.25, 0.3) is 0 Å². The molecule has 0 fully saturated rings. The third-order valence-electron chi connectivity index (χ3n) is 5.57. The molecule has 194 valence electrons. The van der Waals surface area contributed by atoms with Crippen LogP contribution < -0.4 is 14.5 Å². The van der Waals surface area contributed by atoms with Crippen LogP contribution in [0.3, 0.4) is 0 Å². The zero-order valence-corrected chi connectivity index (χ0v) is 21.7. The topological polar surface area (TPSA) is 123 Å². The van der Waals surface area contributed by atoms with Gasteiger partial charge in [-0.15, -0.1) is 0 Å². The number of carbonyl (C=O) groups is 1. The Hall–Kier alpha value is -2.69. The lowest BCUT2D eigenvalue weighted by atomic mass is 10.1. The Morgan fingerprint density at radius 1 is 1.06 bits per heavy atom. The van der Waals surface area contributed by atoms with E-state index in [1.807, 2.05) is 49.1 Å². The van der Waals surface area contributed by atoms with Crippen molar-refractivity contribution in [3.63, 3.8) is 0 Å². The molecule has 0 spiro atoms. The van der Waals surface area contributed by atoms with Gasteiger partial charge in [-0.05, 0) is 50.3 Å². The number of carbonyl (C=O) groups excluding carboxylic acids is 1. The number of anilines is 2. The van der Waals surface area contributed by atoms with Crippen LogP contribution in [0.15, 0.2) is 42.5 Å². The molecule has 0 aliphatic carbocycles.